The standard InChI is InChI=1S/C13H22N2/c1-4-11-10-15(3)14-12(11)9-13(2)7-5-6-8-13/h10H,4-9H2,1-3H3. The van der Waals surface area contributed by atoms with Gasteiger partial charge in [0.1, 0.15) is 0 Å². The molecule has 0 aromatic carbocycles. The van der Waals surface area contributed by atoms with Crippen LogP contribution in [0.25, 0.3) is 0 Å². The van der Waals surface area contributed by atoms with Crippen LogP contribution in [-0.4, -0.2) is 9.78 Å². The third kappa shape index (κ3) is 2.24. The lowest BCUT2D eigenvalue weighted by Gasteiger charge is -2.22. The second-order valence-corrected chi connectivity index (χ2v) is 5.32. The molecule has 0 aliphatic heterocycles. The highest BCUT2D eigenvalue weighted by Gasteiger charge is 2.30. The van der Waals surface area contributed by atoms with Crippen molar-refractivity contribution in [3.05, 3.63) is 17.5 Å². The second kappa shape index (κ2) is 3.99. The molecule has 0 spiro atoms. The maximum atomic E-state index is 4.61. The summed E-state index contributed by atoms with van der Waals surface area (Å²) in [5, 5.41) is 4.61. The Morgan fingerprint density at radius 1 is 1.40 bits per heavy atom. The van der Waals surface area contributed by atoms with E-state index < -0.39 is 0 Å². The Morgan fingerprint density at radius 2 is 2.07 bits per heavy atom. The van der Waals surface area contributed by atoms with Crippen molar-refractivity contribution in [2.75, 3.05) is 0 Å². The predicted octanol–water partition coefficient (Wildman–Crippen LogP) is 3.11. The Hall–Kier alpha value is -0.790. The summed E-state index contributed by atoms with van der Waals surface area (Å²) in [4.78, 5) is 0. The number of rotatable bonds is 3. The zero-order valence-electron chi connectivity index (χ0n) is 10.2. The first-order chi connectivity index (χ1) is 7.13. The van der Waals surface area contributed by atoms with Gasteiger partial charge in [-0.05, 0) is 36.7 Å². The maximum Gasteiger partial charge on any atom is 0.0661 e. The van der Waals surface area contributed by atoms with Gasteiger partial charge < -0.3 is 0 Å². The first-order valence-corrected chi connectivity index (χ1v) is 6.14. The lowest BCUT2D eigenvalue weighted by atomic mass is 9.83. The monoisotopic (exact) mass is 206 g/mol. The Bertz CT molecular complexity index is 332. The van der Waals surface area contributed by atoms with Crippen LogP contribution in [0.1, 0.15) is 50.8 Å². The van der Waals surface area contributed by atoms with E-state index in [0.29, 0.717) is 5.41 Å². The molecule has 2 nitrogen and oxygen atoms in total. The summed E-state index contributed by atoms with van der Waals surface area (Å²) in [6.45, 7) is 4.64. The molecule has 0 unspecified atom stereocenters. The van der Waals surface area contributed by atoms with Crippen LogP contribution in [0.4, 0.5) is 0 Å². The molecule has 1 aromatic rings. The largest absolute Gasteiger partial charge is 0.275 e. The third-order valence-corrected chi connectivity index (χ3v) is 3.78. The second-order valence-electron chi connectivity index (χ2n) is 5.32. The van der Waals surface area contributed by atoms with Crippen molar-refractivity contribution in [2.24, 2.45) is 12.5 Å². The molecular weight excluding hydrogens is 184 g/mol. The number of nitrogens with zero attached hydrogens (tertiary/aromatic N) is 2. The number of hydrogen-bond acceptors (Lipinski definition) is 1. The zero-order valence-corrected chi connectivity index (χ0v) is 10.2. The van der Waals surface area contributed by atoms with Gasteiger partial charge in [-0.25, -0.2) is 0 Å². The Labute approximate surface area is 92.7 Å². The molecule has 0 bridgehead atoms. The molecule has 1 fully saturated rings. The van der Waals surface area contributed by atoms with E-state index in [9.17, 15) is 0 Å². The van der Waals surface area contributed by atoms with Gasteiger partial charge in [0.2, 0.25) is 0 Å². The van der Waals surface area contributed by atoms with Crippen LogP contribution in [0.5, 0.6) is 0 Å². The molecule has 0 atom stereocenters. The Kier molecular flexibility index (Phi) is 2.85. The van der Waals surface area contributed by atoms with Gasteiger partial charge in [0.15, 0.2) is 0 Å². The minimum atomic E-state index is 0.526. The van der Waals surface area contributed by atoms with Gasteiger partial charge in [0.05, 0.1) is 5.69 Å². The smallest absolute Gasteiger partial charge is 0.0661 e. The fourth-order valence-electron chi connectivity index (χ4n) is 2.84. The predicted molar refractivity (Wildman–Crippen MR) is 62.9 cm³/mol. The van der Waals surface area contributed by atoms with E-state index >= 15 is 0 Å². The Morgan fingerprint density at radius 3 is 2.67 bits per heavy atom. The van der Waals surface area contributed by atoms with Crippen molar-refractivity contribution in [2.45, 2.75) is 52.4 Å². The first kappa shape index (κ1) is 10.7. The van der Waals surface area contributed by atoms with Crippen LogP contribution in [0, 0.1) is 5.41 Å². The number of aromatic nitrogens is 2. The van der Waals surface area contributed by atoms with Gasteiger partial charge in [0, 0.05) is 13.2 Å². The third-order valence-electron chi connectivity index (χ3n) is 3.78. The van der Waals surface area contributed by atoms with Crippen LogP contribution in [-0.2, 0) is 19.9 Å². The average molecular weight is 206 g/mol. The molecule has 1 saturated carbocycles. The topological polar surface area (TPSA) is 17.8 Å². The van der Waals surface area contributed by atoms with Crippen LogP contribution >= 0.6 is 0 Å². The minimum Gasteiger partial charge on any atom is -0.275 e. The highest BCUT2D eigenvalue weighted by Crippen LogP contribution is 2.40. The van der Waals surface area contributed by atoms with Crippen LogP contribution in [0.15, 0.2) is 6.20 Å². The van der Waals surface area contributed by atoms with Crippen LogP contribution < -0.4 is 0 Å². The summed E-state index contributed by atoms with van der Waals surface area (Å²) in [6.07, 6.45) is 10.0. The molecule has 2 heteroatoms. The fraction of sp³-hybridized carbons (Fsp3) is 0.769. The lowest BCUT2D eigenvalue weighted by Crippen LogP contribution is -2.16. The molecule has 15 heavy (non-hydrogen) atoms. The van der Waals surface area contributed by atoms with E-state index in [-0.39, 0.29) is 0 Å². The summed E-state index contributed by atoms with van der Waals surface area (Å²) < 4.78 is 1.96. The van der Waals surface area contributed by atoms with Crippen molar-refractivity contribution in [1.82, 2.24) is 9.78 Å². The van der Waals surface area contributed by atoms with Crippen molar-refractivity contribution < 1.29 is 0 Å². The van der Waals surface area contributed by atoms with Crippen LogP contribution in [0.2, 0.25) is 0 Å². The van der Waals surface area contributed by atoms with Gasteiger partial charge in [-0.15, -0.1) is 0 Å². The van der Waals surface area contributed by atoms with E-state index in [4.69, 9.17) is 0 Å². The summed E-state index contributed by atoms with van der Waals surface area (Å²) in [5.41, 5.74) is 3.30. The average Bonchev–Trinajstić information content (AvgIpc) is 2.73. The number of hydrogen-bond donors (Lipinski definition) is 0. The fourth-order valence-corrected chi connectivity index (χ4v) is 2.84. The van der Waals surface area contributed by atoms with Gasteiger partial charge in [-0.1, -0.05) is 26.7 Å². The van der Waals surface area contributed by atoms with Gasteiger partial charge in [-0.3, -0.25) is 4.68 Å². The van der Waals surface area contributed by atoms with Crippen molar-refractivity contribution in [3.63, 3.8) is 0 Å². The highest BCUT2D eigenvalue weighted by atomic mass is 15.2. The van der Waals surface area contributed by atoms with Gasteiger partial charge >= 0.3 is 0 Å². The van der Waals surface area contributed by atoms with Gasteiger partial charge in [0.25, 0.3) is 0 Å². The van der Waals surface area contributed by atoms with Crippen molar-refractivity contribution in [1.29, 1.82) is 0 Å². The molecule has 1 aliphatic rings. The van der Waals surface area contributed by atoms with Crippen molar-refractivity contribution in [3.8, 4) is 0 Å². The molecule has 1 aliphatic carbocycles. The van der Waals surface area contributed by atoms with E-state index in [1.54, 1.807) is 0 Å². The van der Waals surface area contributed by atoms with Gasteiger partial charge in [-0.2, -0.15) is 5.10 Å². The molecule has 0 radical (unpaired) electrons. The quantitative estimate of drug-likeness (QED) is 0.743. The van der Waals surface area contributed by atoms with E-state index in [1.807, 2.05) is 11.7 Å². The molecule has 84 valence electrons. The molecular formula is C13H22N2. The molecule has 0 amide bonds. The summed E-state index contributed by atoms with van der Waals surface area (Å²) in [5.74, 6) is 0. The Balaban J connectivity index is 2.15. The van der Waals surface area contributed by atoms with Crippen molar-refractivity contribution >= 4 is 0 Å². The zero-order chi connectivity index (χ0) is 10.9. The van der Waals surface area contributed by atoms with E-state index in [1.165, 1.54) is 43.4 Å². The lowest BCUT2D eigenvalue weighted by molar-refractivity contribution is 0.329. The van der Waals surface area contributed by atoms with E-state index in [2.05, 4.69) is 25.1 Å². The molecule has 0 saturated heterocycles. The molecule has 1 aromatic heterocycles. The summed E-state index contributed by atoms with van der Waals surface area (Å²) in [7, 11) is 2.03. The number of aryl methyl sites for hydroxylation is 2. The summed E-state index contributed by atoms with van der Waals surface area (Å²) in [6, 6.07) is 0. The highest BCUT2D eigenvalue weighted by molar-refractivity contribution is 5.18. The van der Waals surface area contributed by atoms with Crippen LogP contribution in [0.3, 0.4) is 0 Å². The van der Waals surface area contributed by atoms with E-state index in [0.717, 1.165) is 6.42 Å². The molecule has 1 heterocycles. The molecule has 0 N–H and O–H groups in total. The SMILES string of the molecule is CCc1cn(C)nc1CC1(C)CCCC1. The maximum absolute atomic E-state index is 4.61. The summed E-state index contributed by atoms with van der Waals surface area (Å²) >= 11 is 0. The normalized spacial score (nSPS) is 19.7. The molecule has 2 rings (SSSR count). The first-order valence-electron chi connectivity index (χ1n) is 6.14. The minimum absolute atomic E-state index is 0.526.